The monoisotopic (exact) mass is 384 g/mol. The van der Waals surface area contributed by atoms with Gasteiger partial charge in [0.15, 0.2) is 0 Å². The van der Waals surface area contributed by atoms with Crippen LogP contribution in [0.5, 0.6) is 0 Å². The number of ether oxygens (including phenoxy) is 3. The van der Waals surface area contributed by atoms with Crippen LogP contribution in [-0.4, -0.2) is 34.7 Å². The summed E-state index contributed by atoms with van der Waals surface area (Å²) >= 11 is 0. The third-order valence-corrected chi connectivity index (χ3v) is 4.01. The molecule has 3 unspecified atom stereocenters. The maximum atomic E-state index is 12.8. The van der Waals surface area contributed by atoms with E-state index in [1.165, 1.54) is 0 Å². The summed E-state index contributed by atoms with van der Waals surface area (Å²) in [5.41, 5.74) is -1.91. The summed E-state index contributed by atoms with van der Waals surface area (Å²) in [4.78, 5) is 37.9. The van der Waals surface area contributed by atoms with Crippen LogP contribution in [0.15, 0.2) is 0 Å². The van der Waals surface area contributed by atoms with E-state index in [2.05, 4.69) is 0 Å². The Kier molecular flexibility index (Phi) is 7.11. The van der Waals surface area contributed by atoms with Crippen LogP contribution >= 0.6 is 0 Å². The Morgan fingerprint density at radius 3 is 1.37 bits per heavy atom. The van der Waals surface area contributed by atoms with Gasteiger partial charge in [-0.1, -0.05) is 0 Å². The van der Waals surface area contributed by atoms with Crippen LogP contribution in [0.3, 0.4) is 0 Å². The van der Waals surface area contributed by atoms with Gasteiger partial charge in [-0.3, -0.25) is 14.4 Å². The molecular weight excluding hydrogens is 348 g/mol. The van der Waals surface area contributed by atoms with Crippen molar-refractivity contribution in [2.24, 2.45) is 17.8 Å². The van der Waals surface area contributed by atoms with E-state index in [0.29, 0.717) is 12.8 Å². The van der Waals surface area contributed by atoms with Crippen molar-refractivity contribution in [1.29, 1.82) is 0 Å². The first-order valence-corrected chi connectivity index (χ1v) is 9.67. The summed E-state index contributed by atoms with van der Waals surface area (Å²) in [6, 6.07) is 0. The molecule has 1 rings (SSSR count). The van der Waals surface area contributed by atoms with E-state index in [-0.39, 0.29) is 12.4 Å². The van der Waals surface area contributed by atoms with Gasteiger partial charge in [-0.25, -0.2) is 0 Å². The van der Waals surface area contributed by atoms with Crippen molar-refractivity contribution >= 4 is 17.9 Å². The lowest BCUT2D eigenvalue weighted by molar-refractivity contribution is -0.179. The highest BCUT2D eigenvalue weighted by Crippen LogP contribution is 2.38. The molecule has 0 radical (unpaired) electrons. The molecule has 0 aromatic carbocycles. The van der Waals surface area contributed by atoms with E-state index in [4.69, 9.17) is 14.2 Å². The van der Waals surface area contributed by atoms with Crippen molar-refractivity contribution in [1.82, 2.24) is 0 Å². The van der Waals surface area contributed by atoms with Gasteiger partial charge in [0.1, 0.15) is 16.8 Å². The van der Waals surface area contributed by atoms with Crippen molar-refractivity contribution in [3.8, 4) is 0 Å². The molecule has 0 N–H and O–H groups in total. The molecule has 0 bridgehead atoms. The Morgan fingerprint density at radius 1 is 0.593 bits per heavy atom. The van der Waals surface area contributed by atoms with Crippen LogP contribution < -0.4 is 0 Å². The van der Waals surface area contributed by atoms with Crippen molar-refractivity contribution in [3.05, 3.63) is 0 Å². The van der Waals surface area contributed by atoms with Gasteiger partial charge in [0.05, 0.1) is 17.8 Å². The van der Waals surface area contributed by atoms with Crippen LogP contribution in [0, 0.1) is 17.8 Å². The summed E-state index contributed by atoms with van der Waals surface area (Å²) in [6.45, 7) is 16.1. The van der Waals surface area contributed by atoms with E-state index >= 15 is 0 Å². The summed E-state index contributed by atoms with van der Waals surface area (Å²) in [6.07, 6.45) is 1.11. The molecule has 6 heteroatoms. The van der Waals surface area contributed by atoms with E-state index in [1.54, 1.807) is 41.5 Å². The third kappa shape index (κ3) is 8.31. The summed E-state index contributed by atoms with van der Waals surface area (Å²) in [5.74, 6) is -2.98. The summed E-state index contributed by atoms with van der Waals surface area (Å²) in [7, 11) is 0. The Labute approximate surface area is 163 Å². The molecule has 0 amide bonds. The first-order valence-electron chi connectivity index (χ1n) is 9.67. The zero-order valence-electron chi connectivity index (χ0n) is 18.3. The van der Waals surface area contributed by atoms with Crippen LogP contribution in [0.2, 0.25) is 0 Å². The van der Waals surface area contributed by atoms with Crippen LogP contribution in [0.1, 0.15) is 81.6 Å². The molecule has 1 fully saturated rings. The Bertz CT molecular complexity index is 559. The maximum Gasteiger partial charge on any atom is 0.310 e. The molecule has 1 saturated carbocycles. The zero-order valence-corrected chi connectivity index (χ0v) is 18.3. The minimum Gasteiger partial charge on any atom is -0.460 e. The Hall–Kier alpha value is -1.59. The van der Waals surface area contributed by atoms with Gasteiger partial charge in [0.2, 0.25) is 0 Å². The standard InChI is InChI=1S/C21H36O6/c1-19(2,3)25-16(22)13-10-11-14(17(23)26-20(4,5)6)15(12-13)18(24)27-21(7,8)9/h13-15H,10-12H2,1-9H3. The number of hydrogen-bond donors (Lipinski definition) is 0. The molecule has 0 heterocycles. The molecule has 1 aliphatic rings. The van der Waals surface area contributed by atoms with Crippen molar-refractivity contribution in [2.75, 3.05) is 0 Å². The molecule has 0 saturated heterocycles. The van der Waals surface area contributed by atoms with Crippen molar-refractivity contribution in [3.63, 3.8) is 0 Å². The zero-order chi connectivity index (χ0) is 21.2. The normalized spacial score (nSPS) is 24.1. The highest BCUT2D eigenvalue weighted by Gasteiger charge is 2.45. The SMILES string of the molecule is CC(C)(C)OC(=O)C1CCC(C(=O)OC(C)(C)C)C(C(=O)OC(C)(C)C)C1. The number of hydrogen-bond acceptors (Lipinski definition) is 6. The van der Waals surface area contributed by atoms with E-state index < -0.39 is 46.5 Å². The average molecular weight is 385 g/mol. The fourth-order valence-corrected chi connectivity index (χ4v) is 3.07. The summed E-state index contributed by atoms with van der Waals surface area (Å²) < 4.78 is 16.5. The lowest BCUT2D eigenvalue weighted by Gasteiger charge is -2.36. The number of carbonyl (C=O) groups is 3. The van der Waals surface area contributed by atoms with Gasteiger partial charge in [-0.05, 0) is 81.6 Å². The minimum atomic E-state index is -0.717. The molecule has 6 nitrogen and oxygen atoms in total. The van der Waals surface area contributed by atoms with Gasteiger partial charge < -0.3 is 14.2 Å². The molecule has 156 valence electrons. The smallest absolute Gasteiger partial charge is 0.310 e. The molecule has 0 aromatic heterocycles. The number of carbonyl (C=O) groups excluding carboxylic acids is 3. The van der Waals surface area contributed by atoms with Crippen LogP contribution in [0.25, 0.3) is 0 Å². The molecule has 0 aromatic rings. The first kappa shape index (κ1) is 23.4. The average Bonchev–Trinajstić information content (AvgIpc) is 2.41. The van der Waals surface area contributed by atoms with Gasteiger partial charge >= 0.3 is 17.9 Å². The van der Waals surface area contributed by atoms with Gasteiger partial charge in [0, 0.05) is 0 Å². The fourth-order valence-electron chi connectivity index (χ4n) is 3.07. The lowest BCUT2D eigenvalue weighted by atomic mass is 9.73. The van der Waals surface area contributed by atoms with E-state index in [0.717, 1.165) is 0 Å². The van der Waals surface area contributed by atoms with Crippen LogP contribution in [-0.2, 0) is 28.6 Å². The number of rotatable bonds is 3. The molecular formula is C21H36O6. The third-order valence-electron chi connectivity index (χ3n) is 4.01. The van der Waals surface area contributed by atoms with Gasteiger partial charge in [-0.15, -0.1) is 0 Å². The molecule has 3 atom stereocenters. The topological polar surface area (TPSA) is 78.9 Å². The van der Waals surface area contributed by atoms with Crippen molar-refractivity contribution < 1.29 is 28.6 Å². The second-order valence-corrected chi connectivity index (χ2v) is 10.3. The van der Waals surface area contributed by atoms with E-state index in [1.807, 2.05) is 20.8 Å². The van der Waals surface area contributed by atoms with E-state index in [9.17, 15) is 14.4 Å². The molecule has 0 aliphatic heterocycles. The largest absolute Gasteiger partial charge is 0.460 e. The second-order valence-electron chi connectivity index (χ2n) is 10.3. The Balaban J connectivity index is 3.00. The molecule has 27 heavy (non-hydrogen) atoms. The van der Waals surface area contributed by atoms with Crippen molar-refractivity contribution in [2.45, 2.75) is 98.4 Å². The fraction of sp³-hybridized carbons (Fsp3) is 0.857. The highest BCUT2D eigenvalue weighted by atomic mass is 16.6. The minimum absolute atomic E-state index is 0.230. The highest BCUT2D eigenvalue weighted by molar-refractivity contribution is 5.84. The predicted octanol–water partition coefficient (Wildman–Crippen LogP) is 4.04. The second kappa shape index (κ2) is 8.19. The van der Waals surface area contributed by atoms with Crippen LogP contribution in [0.4, 0.5) is 0 Å². The van der Waals surface area contributed by atoms with Gasteiger partial charge in [-0.2, -0.15) is 0 Å². The number of esters is 3. The lowest BCUT2D eigenvalue weighted by Crippen LogP contribution is -2.43. The Morgan fingerprint density at radius 2 is 0.963 bits per heavy atom. The maximum absolute atomic E-state index is 12.8. The summed E-state index contributed by atoms with van der Waals surface area (Å²) in [5, 5.41) is 0. The molecule has 0 spiro atoms. The first-order chi connectivity index (χ1) is 12.0. The van der Waals surface area contributed by atoms with Gasteiger partial charge in [0.25, 0.3) is 0 Å². The quantitative estimate of drug-likeness (QED) is 0.540. The molecule has 1 aliphatic carbocycles. The predicted molar refractivity (Wildman–Crippen MR) is 102 cm³/mol.